The summed E-state index contributed by atoms with van der Waals surface area (Å²) in [5, 5.41) is 17.6. The van der Waals surface area contributed by atoms with Crippen molar-refractivity contribution in [3.63, 3.8) is 0 Å². The summed E-state index contributed by atoms with van der Waals surface area (Å²) in [5.74, 6) is 2.87. The van der Waals surface area contributed by atoms with Gasteiger partial charge in [0.1, 0.15) is 12.4 Å². The van der Waals surface area contributed by atoms with Crippen molar-refractivity contribution in [3.8, 4) is 0 Å². The van der Waals surface area contributed by atoms with Gasteiger partial charge in [-0.1, -0.05) is 6.07 Å². The molecule has 0 bridgehead atoms. The van der Waals surface area contributed by atoms with E-state index in [0.29, 0.717) is 12.6 Å². The van der Waals surface area contributed by atoms with Gasteiger partial charge in [-0.2, -0.15) is 0 Å². The van der Waals surface area contributed by atoms with Gasteiger partial charge in [0.2, 0.25) is 0 Å². The van der Waals surface area contributed by atoms with E-state index >= 15 is 0 Å². The standard InChI is InChI=1S/C19H29N7OS.HI/c1-2-20-19(22-14-18-24-23-17-6-3-7-26(17)18)21-13-15(16-5-4-12-28-16)25-8-10-27-11-9-25;/h4-5,12,15H,2-3,6-11,13-14H2,1H3,(H2,20,21,22);1H. The number of aliphatic imine (C=N–C) groups is 1. The number of aryl methyl sites for hydroxylation is 1. The number of guanidine groups is 1. The normalized spacial score (nSPS) is 18.2. The minimum Gasteiger partial charge on any atom is -0.379 e. The van der Waals surface area contributed by atoms with Gasteiger partial charge in [0.25, 0.3) is 0 Å². The first-order valence-corrected chi connectivity index (χ1v) is 11.0. The van der Waals surface area contributed by atoms with Crippen molar-refractivity contribution in [2.75, 3.05) is 39.4 Å². The number of fused-ring (bicyclic) bond motifs is 1. The summed E-state index contributed by atoms with van der Waals surface area (Å²) >= 11 is 1.81. The molecule has 2 aliphatic rings. The number of rotatable bonds is 7. The van der Waals surface area contributed by atoms with Gasteiger partial charge < -0.3 is 19.9 Å². The molecule has 0 aliphatic carbocycles. The summed E-state index contributed by atoms with van der Waals surface area (Å²) in [5.41, 5.74) is 0. The molecule has 2 N–H and O–H groups in total. The Kier molecular flexibility index (Phi) is 8.69. The smallest absolute Gasteiger partial charge is 0.191 e. The molecule has 0 radical (unpaired) electrons. The summed E-state index contributed by atoms with van der Waals surface area (Å²) in [6, 6.07) is 4.67. The Morgan fingerprint density at radius 3 is 2.90 bits per heavy atom. The van der Waals surface area contributed by atoms with Gasteiger partial charge in [-0.25, -0.2) is 4.99 Å². The van der Waals surface area contributed by atoms with Crippen molar-refractivity contribution >= 4 is 41.3 Å². The van der Waals surface area contributed by atoms with E-state index in [2.05, 4.69) is 54.7 Å². The third-order valence-electron chi connectivity index (χ3n) is 5.23. The third-order valence-corrected chi connectivity index (χ3v) is 6.20. The fourth-order valence-corrected chi connectivity index (χ4v) is 4.65. The Bertz CT molecular complexity index is 774. The van der Waals surface area contributed by atoms with Gasteiger partial charge in [0, 0.05) is 44.0 Å². The van der Waals surface area contributed by atoms with Crippen LogP contribution >= 0.6 is 35.3 Å². The van der Waals surface area contributed by atoms with E-state index in [1.54, 1.807) is 0 Å². The predicted octanol–water partition coefficient (Wildman–Crippen LogP) is 2.03. The van der Waals surface area contributed by atoms with Crippen LogP contribution in [0.15, 0.2) is 22.5 Å². The number of hydrogen-bond donors (Lipinski definition) is 2. The SMILES string of the molecule is CCNC(=NCc1nnc2n1CCC2)NCC(c1cccs1)N1CCOCC1.I. The molecule has 0 spiro atoms. The van der Waals surface area contributed by atoms with Crippen molar-refractivity contribution in [1.29, 1.82) is 0 Å². The van der Waals surface area contributed by atoms with Gasteiger partial charge in [-0.3, -0.25) is 4.90 Å². The van der Waals surface area contributed by atoms with E-state index in [1.165, 1.54) is 4.88 Å². The summed E-state index contributed by atoms with van der Waals surface area (Å²) in [4.78, 5) is 8.64. The second kappa shape index (κ2) is 11.2. The highest BCUT2D eigenvalue weighted by atomic mass is 127. The Morgan fingerprint density at radius 1 is 1.28 bits per heavy atom. The third kappa shape index (κ3) is 5.68. The average molecular weight is 531 g/mol. The zero-order valence-electron chi connectivity index (χ0n) is 16.8. The molecular formula is C19H30IN7OS. The summed E-state index contributed by atoms with van der Waals surface area (Å²) in [7, 11) is 0. The largest absolute Gasteiger partial charge is 0.379 e. The first kappa shape index (κ1) is 22.4. The molecule has 4 heterocycles. The second-order valence-corrected chi connectivity index (χ2v) is 8.02. The number of halogens is 1. The molecule has 2 aromatic heterocycles. The van der Waals surface area contributed by atoms with E-state index in [-0.39, 0.29) is 24.0 Å². The van der Waals surface area contributed by atoms with Crippen molar-refractivity contribution in [1.82, 2.24) is 30.3 Å². The molecule has 1 atom stereocenters. The molecule has 29 heavy (non-hydrogen) atoms. The highest BCUT2D eigenvalue weighted by Crippen LogP contribution is 2.25. The topological polar surface area (TPSA) is 79.6 Å². The molecule has 8 nitrogen and oxygen atoms in total. The van der Waals surface area contributed by atoms with Crippen LogP contribution in [0.5, 0.6) is 0 Å². The van der Waals surface area contributed by atoms with Gasteiger partial charge in [-0.05, 0) is 24.8 Å². The van der Waals surface area contributed by atoms with Crippen molar-refractivity contribution in [3.05, 3.63) is 34.0 Å². The molecule has 2 aromatic rings. The molecule has 10 heteroatoms. The lowest BCUT2D eigenvalue weighted by molar-refractivity contribution is 0.0177. The zero-order valence-corrected chi connectivity index (χ0v) is 20.0. The number of ether oxygens (including phenoxy) is 1. The molecule has 0 aromatic carbocycles. The number of nitrogens with one attached hydrogen (secondary N) is 2. The van der Waals surface area contributed by atoms with Gasteiger partial charge in [-0.15, -0.1) is 45.5 Å². The van der Waals surface area contributed by atoms with Crippen molar-refractivity contribution in [2.24, 2.45) is 4.99 Å². The number of hydrogen-bond acceptors (Lipinski definition) is 6. The van der Waals surface area contributed by atoms with Crippen LogP contribution in [0.1, 0.15) is 35.9 Å². The van der Waals surface area contributed by atoms with Crippen molar-refractivity contribution in [2.45, 2.75) is 38.9 Å². The van der Waals surface area contributed by atoms with E-state index in [9.17, 15) is 0 Å². The molecule has 1 saturated heterocycles. The van der Waals surface area contributed by atoms with Crippen LogP contribution in [-0.2, 0) is 24.2 Å². The molecular weight excluding hydrogens is 501 g/mol. The molecule has 160 valence electrons. The molecule has 2 aliphatic heterocycles. The van der Waals surface area contributed by atoms with Crippen LogP contribution in [0.4, 0.5) is 0 Å². The second-order valence-electron chi connectivity index (χ2n) is 7.04. The van der Waals surface area contributed by atoms with E-state index in [1.807, 2.05) is 11.3 Å². The highest BCUT2D eigenvalue weighted by Gasteiger charge is 2.24. The van der Waals surface area contributed by atoms with E-state index < -0.39 is 0 Å². The zero-order chi connectivity index (χ0) is 19.2. The number of aromatic nitrogens is 3. The van der Waals surface area contributed by atoms with Gasteiger partial charge >= 0.3 is 0 Å². The van der Waals surface area contributed by atoms with E-state index in [4.69, 9.17) is 9.73 Å². The predicted molar refractivity (Wildman–Crippen MR) is 126 cm³/mol. The summed E-state index contributed by atoms with van der Waals surface area (Å²) in [6.45, 7) is 8.80. The Labute approximate surface area is 193 Å². The minimum absolute atomic E-state index is 0. The van der Waals surface area contributed by atoms with Crippen LogP contribution in [0.25, 0.3) is 0 Å². The van der Waals surface area contributed by atoms with Crippen molar-refractivity contribution < 1.29 is 4.74 Å². The number of thiophene rings is 1. The maximum Gasteiger partial charge on any atom is 0.191 e. The maximum atomic E-state index is 5.54. The quantitative estimate of drug-likeness (QED) is 0.324. The van der Waals surface area contributed by atoms with E-state index in [0.717, 1.165) is 76.4 Å². The first-order valence-electron chi connectivity index (χ1n) is 10.1. The Morgan fingerprint density at radius 2 is 2.14 bits per heavy atom. The monoisotopic (exact) mass is 531 g/mol. The summed E-state index contributed by atoms with van der Waals surface area (Å²) < 4.78 is 7.74. The highest BCUT2D eigenvalue weighted by molar-refractivity contribution is 14.0. The van der Waals surface area contributed by atoms with Crippen LogP contribution in [-0.4, -0.2) is 65.0 Å². The molecule has 1 fully saturated rings. The molecule has 1 unspecified atom stereocenters. The lowest BCUT2D eigenvalue weighted by Crippen LogP contribution is -2.46. The Balaban J connectivity index is 0.00000240. The number of nitrogens with zero attached hydrogens (tertiary/aromatic N) is 5. The van der Waals surface area contributed by atoms with Crippen LogP contribution in [0.2, 0.25) is 0 Å². The maximum absolute atomic E-state index is 5.54. The molecule has 4 rings (SSSR count). The summed E-state index contributed by atoms with van der Waals surface area (Å²) in [6.07, 6.45) is 2.18. The molecule has 0 saturated carbocycles. The van der Waals surface area contributed by atoms with Crippen LogP contribution in [0, 0.1) is 0 Å². The number of morpholine rings is 1. The lowest BCUT2D eigenvalue weighted by atomic mass is 10.2. The fourth-order valence-electron chi connectivity index (χ4n) is 3.79. The minimum atomic E-state index is 0. The van der Waals surface area contributed by atoms with Gasteiger partial charge in [0.05, 0.1) is 19.3 Å². The lowest BCUT2D eigenvalue weighted by Gasteiger charge is -2.34. The first-order chi connectivity index (χ1) is 13.8. The fraction of sp³-hybridized carbons (Fsp3) is 0.632. The van der Waals surface area contributed by atoms with Crippen LogP contribution < -0.4 is 10.6 Å². The van der Waals surface area contributed by atoms with Gasteiger partial charge in [0.15, 0.2) is 11.8 Å². The van der Waals surface area contributed by atoms with Crippen LogP contribution in [0.3, 0.4) is 0 Å². The average Bonchev–Trinajstić information content (AvgIpc) is 3.46. The molecule has 0 amide bonds. The Hall–Kier alpha value is -1.24.